The highest BCUT2D eigenvalue weighted by atomic mass is 16.6. The molecule has 0 spiro atoms. The Balaban J connectivity index is 2.14. The lowest BCUT2D eigenvalue weighted by atomic mass is 9.73. The Labute approximate surface area is 119 Å². The van der Waals surface area contributed by atoms with Gasteiger partial charge in [-0.1, -0.05) is 29.8 Å². The van der Waals surface area contributed by atoms with E-state index in [0.29, 0.717) is 19.4 Å². The Morgan fingerprint density at radius 1 is 1.40 bits per heavy atom. The van der Waals surface area contributed by atoms with Crippen LogP contribution in [-0.4, -0.2) is 36.9 Å². The van der Waals surface area contributed by atoms with Gasteiger partial charge >= 0.3 is 13.1 Å². The van der Waals surface area contributed by atoms with E-state index in [0.717, 1.165) is 11.0 Å². The van der Waals surface area contributed by atoms with Crippen molar-refractivity contribution in [3.8, 4) is 0 Å². The number of carboxylic acid groups (broad SMARTS) is 1. The summed E-state index contributed by atoms with van der Waals surface area (Å²) in [6.45, 7) is 2.51. The molecule has 1 aliphatic rings. The van der Waals surface area contributed by atoms with Crippen molar-refractivity contribution in [3.05, 3.63) is 29.8 Å². The van der Waals surface area contributed by atoms with Crippen LogP contribution in [0.3, 0.4) is 0 Å². The minimum absolute atomic E-state index is 0.00713. The summed E-state index contributed by atoms with van der Waals surface area (Å²) in [6.07, 6.45) is 0.894. The van der Waals surface area contributed by atoms with Crippen LogP contribution < -0.4 is 11.2 Å². The number of nitrogens with two attached hydrogens (primary N) is 1. The average molecular weight is 277 g/mol. The molecule has 0 radical (unpaired) electrons. The molecule has 5 nitrogen and oxygen atoms in total. The van der Waals surface area contributed by atoms with E-state index in [-0.39, 0.29) is 18.6 Å². The second-order valence-corrected chi connectivity index (χ2v) is 5.12. The number of aryl methyl sites for hydroxylation is 1. The third-order valence-electron chi connectivity index (χ3n) is 3.49. The van der Waals surface area contributed by atoms with Gasteiger partial charge in [0.05, 0.1) is 12.5 Å². The molecule has 2 unspecified atom stereocenters. The van der Waals surface area contributed by atoms with E-state index >= 15 is 0 Å². The molecule has 1 saturated heterocycles. The van der Waals surface area contributed by atoms with Crippen LogP contribution in [0.2, 0.25) is 0 Å². The van der Waals surface area contributed by atoms with Gasteiger partial charge in [-0.25, -0.2) is 0 Å². The van der Waals surface area contributed by atoms with Crippen LogP contribution in [0.15, 0.2) is 24.3 Å². The zero-order chi connectivity index (χ0) is 14.5. The number of aliphatic carboxylic acids is 1. The molecule has 0 saturated carbocycles. The molecule has 20 heavy (non-hydrogen) atoms. The first-order chi connectivity index (χ1) is 9.60. The molecule has 2 atom stereocenters. The van der Waals surface area contributed by atoms with Crippen molar-refractivity contribution in [2.75, 3.05) is 6.54 Å². The fourth-order valence-electron chi connectivity index (χ4n) is 2.48. The molecule has 0 amide bonds. The highest BCUT2D eigenvalue weighted by molar-refractivity contribution is 6.62. The van der Waals surface area contributed by atoms with Gasteiger partial charge in [-0.05, 0) is 31.8 Å². The van der Waals surface area contributed by atoms with Crippen LogP contribution in [0.1, 0.15) is 24.8 Å². The summed E-state index contributed by atoms with van der Waals surface area (Å²) in [6, 6.07) is 7.81. The smallest absolute Gasteiger partial charge is 0.481 e. The molecule has 0 bridgehead atoms. The number of carbonyl (C=O) groups is 1. The quantitative estimate of drug-likeness (QED) is 0.774. The summed E-state index contributed by atoms with van der Waals surface area (Å²) < 4.78 is 11.7. The summed E-state index contributed by atoms with van der Waals surface area (Å²) in [4.78, 5) is 10.9. The Morgan fingerprint density at radius 3 is 2.75 bits per heavy atom. The molecule has 1 aromatic carbocycles. The summed E-state index contributed by atoms with van der Waals surface area (Å²) in [7, 11) is -0.508. The molecular formula is C14H20BNO4. The largest absolute Gasteiger partial charge is 0.494 e. The summed E-state index contributed by atoms with van der Waals surface area (Å²) in [5.41, 5.74) is 7.60. The van der Waals surface area contributed by atoms with Crippen molar-refractivity contribution in [1.29, 1.82) is 0 Å². The number of benzene rings is 1. The van der Waals surface area contributed by atoms with Gasteiger partial charge < -0.3 is 20.1 Å². The van der Waals surface area contributed by atoms with Crippen LogP contribution in [0.5, 0.6) is 0 Å². The molecular weight excluding hydrogens is 257 g/mol. The first-order valence-electron chi connectivity index (χ1n) is 6.88. The zero-order valence-electron chi connectivity index (χ0n) is 11.6. The van der Waals surface area contributed by atoms with Gasteiger partial charge in [0.15, 0.2) is 0 Å². The second-order valence-electron chi connectivity index (χ2n) is 5.12. The molecule has 1 aromatic rings. The maximum absolute atomic E-state index is 10.9. The van der Waals surface area contributed by atoms with Crippen LogP contribution in [0.25, 0.3) is 0 Å². The molecule has 0 aromatic heterocycles. The molecule has 108 valence electrons. The number of hydrogen-bond donors (Lipinski definition) is 2. The minimum atomic E-state index is -0.855. The predicted molar refractivity (Wildman–Crippen MR) is 76.9 cm³/mol. The molecule has 1 heterocycles. The van der Waals surface area contributed by atoms with E-state index in [4.69, 9.17) is 20.1 Å². The monoisotopic (exact) mass is 277 g/mol. The summed E-state index contributed by atoms with van der Waals surface area (Å²) in [5, 5.41) is 8.95. The average Bonchev–Trinajstić information content (AvgIpc) is 2.38. The summed E-state index contributed by atoms with van der Waals surface area (Å²) >= 11 is 0. The third kappa shape index (κ3) is 3.82. The van der Waals surface area contributed by atoms with Crippen molar-refractivity contribution in [3.63, 3.8) is 0 Å². The molecule has 1 fully saturated rings. The van der Waals surface area contributed by atoms with E-state index in [2.05, 4.69) is 0 Å². The van der Waals surface area contributed by atoms with Crippen LogP contribution in [0, 0.1) is 6.92 Å². The molecule has 2 rings (SSSR count). The fraction of sp³-hybridized carbons (Fsp3) is 0.500. The lowest BCUT2D eigenvalue weighted by molar-refractivity contribution is -0.140. The SMILES string of the molecule is Cc1ccccc1B1OC(CCN)CC(CC(=O)O)O1. The molecule has 6 heteroatoms. The minimum Gasteiger partial charge on any atom is -0.481 e. The number of hydrogen-bond acceptors (Lipinski definition) is 4. The van der Waals surface area contributed by atoms with Gasteiger partial charge in [-0.2, -0.15) is 0 Å². The standard InChI is InChI=1S/C14H20BNO4/c1-10-4-2-3-5-13(10)15-19-11(6-7-16)8-12(20-15)9-14(17)18/h2-5,11-12H,6-9,16H2,1H3,(H,17,18). The van der Waals surface area contributed by atoms with Gasteiger partial charge in [0.2, 0.25) is 0 Å². The van der Waals surface area contributed by atoms with E-state index in [1.165, 1.54) is 0 Å². The predicted octanol–water partition coefficient (Wildman–Crippen LogP) is 0.688. The Kier molecular flexibility index (Phi) is 5.17. The van der Waals surface area contributed by atoms with Gasteiger partial charge in [-0.15, -0.1) is 0 Å². The van der Waals surface area contributed by atoms with Gasteiger partial charge in [0.25, 0.3) is 0 Å². The second kappa shape index (κ2) is 6.88. The Morgan fingerprint density at radius 2 is 2.10 bits per heavy atom. The van der Waals surface area contributed by atoms with E-state index in [1.54, 1.807) is 0 Å². The van der Waals surface area contributed by atoms with Crippen molar-refractivity contribution >= 4 is 18.6 Å². The fourth-order valence-corrected chi connectivity index (χ4v) is 2.48. The Bertz CT molecular complexity index is 468. The van der Waals surface area contributed by atoms with Gasteiger partial charge in [0.1, 0.15) is 0 Å². The van der Waals surface area contributed by atoms with E-state index < -0.39 is 13.1 Å². The first-order valence-corrected chi connectivity index (χ1v) is 6.88. The Hall–Kier alpha value is -1.37. The van der Waals surface area contributed by atoms with E-state index in [1.807, 2.05) is 31.2 Å². The maximum Gasteiger partial charge on any atom is 0.494 e. The van der Waals surface area contributed by atoms with Crippen molar-refractivity contribution in [2.24, 2.45) is 5.73 Å². The topological polar surface area (TPSA) is 81.8 Å². The highest BCUT2D eigenvalue weighted by Gasteiger charge is 2.36. The lowest BCUT2D eigenvalue weighted by Gasteiger charge is -2.34. The molecule has 1 aliphatic heterocycles. The van der Waals surface area contributed by atoms with Crippen molar-refractivity contribution in [2.45, 2.75) is 38.4 Å². The maximum atomic E-state index is 10.9. The lowest BCUT2D eigenvalue weighted by Crippen LogP contribution is -2.50. The third-order valence-corrected chi connectivity index (χ3v) is 3.49. The highest BCUT2D eigenvalue weighted by Crippen LogP contribution is 2.21. The van der Waals surface area contributed by atoms with Crippen LogP contribution in [0.4, 0.5) is 0 Å². The first kappa shape index (κ1) is 15.0. The molecule has 0 aliphatic carbocycles. The zero-order valence-corrected chi connectivity index (χ0v) is 11.6. The van der Waals surface area contributed by atoms with Crippen molar-refractivity contribution in [1.82, 2.24) is 0 Å². The van der Waals surface area contributed by atoms with Crippen LogP contribution in [-0.2, 0) is 14.1 Å². The van der Waals surface area contributed by atoms with Gasteiger partial charge in [-0.3, -0.25) is 4.79 Å². The normalized spacial score (nSPS) is 22.8. The van der Waals surface area contributed by atoms with E-state index in [9.17, 15) is 4.79 Å². The van der Waals surface area contributed by atoms with Crippen LogP contribution >= 0.6 is 0 Å². The molecule has 3 N–H and O–H groups in total. The number of carboxylic acids is 1. The van der Waals surface area contributed by atoms with Crippen molar-refractivity contribution < 1.29 is 19.2 Å². The number of rotatable bonds is 5. The summed E-state index contributed by atoms with van der Waals surface area (Å²) in [5.74, 6) is -0.855. The van der Waals surface area contributed by atoms with Gasteiger partial charge in [0, 0.05) is 6.10 Å².